The summed E-state index contributed by atoms with van der Waals surface area (Å²) in [5, 5.41) is 8.45. The molecule has 0 heterocycles. The van der Waals surface area contributed by atoms with Gasteiger partial charge in [-0.25, -0.2) is 0 Å². The number of amides is 3. The van der Waals surface area contributed by atoms with E-state index in [1.54, 1.807) is 48.5 Å². The molecular formula is C25H24BrN3O3. The van der Waals surface area contributed by atoms with Gasteiger partial charge in [0, 0.05) is 23.0 Å². The number of hydrogen-bond acceptors (Lipinski definition) is 3. The molecule has 3 amide bonds. The quantitative estimate of drug-likeness (QED) is 0.425. The third-order valence-electron chi connectivity index (χ3n) is 4.84. The second-order valence-corrected chi connectivity index (χ2v) is 8.13. The van der Waals surface area contributed by atoms with Crippen molar-refractivity contribution in [1.82, 2.24) is 10.6 Å². The Bertz CT molecular complexity index is 1090. The fourth-order valence-corrected chi connectivity index (χ4v) is 3.36. The molecule has 3 rings (SSSR count). The summed E-state index contributed by atoms with van der Waals surface area (Å²) in [5.41, 5.74) is 2.31. The molecule has 0 aliphatic rings. The van der Waals surface area contributed by atoms with E-state index in [1.165, 1.54) is 0 Å². The Morgan fingerprint density at radius 1 is 0.844 bits per heavy atom. The predicted molar refractivity (Wildman–Crippen MR) is 128 cm³/mol. The number of benzene rings is 3. The topological polar surface area (TPSA) is 87.3 Å². The summed E-state index contributed by atoms with van der Waals surface area (Å²) in [6.45, 7) is 2.09. The first-order valence-electron chi connectivity index (χ1n) is 10.2. The van der Waals surface area contributed by atoms with Crippen molar-refractivity contribution in [2.45, 2.75) is 19.4 Å². The van der Waals surface area contributed by atoms with Crippen molar-refractivity contribution < 1.29 is 14.4 Å². The monoisotopic (exact) mass is 493 g/mol. The highest BCUT2D eigenvalue weighted by Gasteiger charge is 2.16. The van der Waals surface area contributed by atoms with Crippen LogP contribution in [0.5, 0.6) is 0 Å². The standard InChI is InChI=1S/C25H24BrN3O3/c1-17(18-7-3-2-4-8-18)28-25(32)21-9-5-6-10-22(21)29-23(30)15-16-27-24(31)19-11-13-20(26)14-12-19/h2-14,17H,15-16H2,1H3,(H,27,31)(H,28,32)(H,29,30). The van der Waals surface area contributed by atoms with Crippen LogP contribution in [0.3, 0.4) is 0 Å². The molecule has 0 spiro atoms. The molecule has 0 saturated heterocycles. The van der Waals surface area contributed by atoms with Crippen LogP contribution in [0.2, 0.25) is 0 Å². The lowest BCUT2D eigenvalue weighted by atomic mass is 10.1. The van der Waals surface area contributed by atoms with Crippen molar-refractivity contribution >= 4 is 39.3 Å². The fourth-order valence-electron chi connectivity index (χ4n) is 3.10. The fraction of sp³-hybridized carbons (Fsp3) is 0.160. The number of halogens is 1. The Hall–Kier alpha value is -3.45. The largest absolute Gasteiger partial charge is 0.352 e. The minimum Gasteiger partial charge on any atom is -0.352 e. The first-order chi connectivity index (χ1) is 15.4. The molecule has 0 bridgehead atoms. The molecule has 0 aromatic heterocycles. The van der Waals surface area contributed by atoms with Crippen molar-refractivity contribution in [3.8, 4) is 0 Å². The maximum Gasteiger partial charge on any atom is 0.253 e. The van der Waals surface area contributed by atoms with E-state index in [1.807, 2.05) is 37.3 Å². The molecule has 3 aromatic carbocycles. The molecule has 0 saturated carbocycles. The van der Waals surface area contributed by atoms with Gasteiger partial charge in [0.25, 0.3) is 11.8 Å². The summed E-state index contributed by atoms with van der Waals surface area (Å²) in [4.78, 5) is 37.3. The van der Waals surface area contributed by atoms with Crippen LogP contribution in [0.1, 0.15) is 45.7 Å². The first-order valence-corrected chi connectivity index (χ1v) is 11.0. The highest BCUT2D eigenvalue weighted by atomic mass is 79.9. The molecule has 32 heavy (non-hydrogen) atoms. The number of carbonyl (C=O) groups is 3. The lowest BCUT2D eigenvalue weighted by molar-refractivity contribution is -0.116. The predicted octanol–water partition coefficient (Wildman–Crippen LogP) is 4.70. The Morgan fingerprint density at radius 3 is 2.22 bits per heavy atom. The summed E-state index contributed by atoms with van der Waals surface area (Å²) in [6.07, 6.45) is 0.0820. The van der Waals surface area contributed by atoms with Crippen molar-refractivity contribution in [3.63, 3.8) is 0 Å². The van der Waals surface area contributed by atoms with Gasteiger partial charge in [-0.2, -0.15) is 0 Å². The Balaban J connectivity index is 1.54. The zero-order valence-electron chi connectivity index (χ0n) is 17.6. The lowest BCUT2D eigenvalue weighted by Gasteiger charge is -2.16. The van der Waals surface area contributed by atoms with Crippen molar-refractivity contribution in [1.29, 1.82) is 0 Å². The molecule has 0 aliphatic heterocycles. The Kier molecular flexibility index (Phi) is 8.16. The summed E-state index contributed by atoms with van der Waals surface area (Å²) in [6, 6.07) is 23.3. The number of nitrogens with one attached hydrogen (secondary N) is 3. The van der Waals surface area contributed by atoms with Crippen molar-refractivity contribution in [2.75, 3.05) is 11.9 Å². The third-order valence-corrected chi connectivity index (χ3v) is 5.37. The number of hydrogen-bond donors (Lipinski definition) is 3. The molecule has 7 heteroatoms. The van der Waals surface area contributed by atoms with Crippen LogP contribution in [0.25, 0.3) is 0 Å². The molecule has 164 valence electrons. The number of para-hydroxylation sites is 1. The summed E-state index contributed by atoms with van der Waals surface area (Å²) < 4.78 is 0.884. The maximum atomic E-state index is 12.8. The van der Waals surface area contributed by atoms with Crippen LogP contribution >= 0.6 is 15.9 Å². The highest BCUT2D eigenvalue weighted by molar-refractivity contribution is 9.10. The van der Waals surface area contributed by atoms with E-state index < -0.39 is 0 Å². The van der Waals surface area contributed by atoms with Crippen molar-refractivity contribution in [3.05, 3.63) is 100 Å². The minimum absolute atomic E-state index is 0.0820. The van der Waals surface area contributed by atoms with Gasteiger partial charge in [-0.05, 0) is 48.9 Å². The molecule has 0 aliphatic carbocycles. The second-order valence-electron chi connectivity index (χ2n) is 7.21. The van der Waals surface area contributed by atoms with Gasteiger partial charge in [0.05, 0.1) is 17.3 Å². The van der Waals surface area contributed by atoms with Crippen LogP contribution in [0, 0.1) is 0 Å². The van der Waals surface area contributed by atoms with Gasteiger partial charge in [0.1, 0.15) is 0 Å². The van der Waals surface area contributed by atoms with Crippen LogP contribution in [0.4, 0.5) is 5.69 Å². The van der Waals surface area contributed by atoms with Gasteiger partial charge in [0.2, 0.25) is 5.91 Å². The second kappa shape index (κ2) is 11.2. The maximum absolute atomic E-state index is 12.8. The average molecular weight is 494 g/mol. The molecule has 1 atom stereocenters. The summed E-state index contributed by atoms with van der Waals surface area (Å²) in [7, 11) is 0. The van der Waals surface area contributed by atoms with Gasteiger partial charge in [-0.15, -0.1) is 0 Å². The Morgan fingerprint density at radius 2 is 1.50 bits per heavy atom. The number of anilines is 1. The normalized spacial score (nSPS) is 11.3. The highest BCUT2D eigenvalue weighted by Crippen LogP contribution is 2.18. The first kappa shape index (κ1) is 23.2. The number of rotatable bonds is 8. The van der Waals surface area contributed by atoms with Crippen LogP contribution in [0.15, 0.2) is 83.3 Å². The zero-order chi connectivity index (χ0) is 22.9. The average Bonchev–Trinajstić information content (AvgIpc) is 2.80. The van der Waals surface area contributed by atoms with E-state index in [-0.39, 0.29) is 36.7 Å². The molecular weight excluding hydrogens is 470 g/mol. The molecule has 6 nitrogen and oxygen atoms in total. The van der Waals surface area contributed by atoms with Crippen LogP contribution in [-0.2, 0) is 4.79 Å². The van der Waals surface area contributed by atoms with E-state index in [2.05, 4.69) is 31.9 Å². The van der Waals surface area contributed by atoms with Gasteiger partial charge >= 0.3 is 0 Å². The molecule has 1 unspecified atom stereocenters. The van der Waals surface area contributed by atoms with Crippen LogP contribution in [-0.4, -0.2) is 24.3 Å². The van der Waals surface area contributed by atoms with E-state index in [9.17, 15) is 14.4 Å². The van der Waals surface area contributed by atoms with Gasteiger partial charge in [0.15, 0.2) is 0 Å². The van der Waals surface area contributed by atoms with E-state index >= 15 is 0 Å². The SMILES string of the molecule is CC(NC(=O)c1ccccc1NC(=O)CCNC(=O)c1ccc(Br)cc1)c1ccccc1. The smallest absolute Gasteiger partial charge is 0.253 e. The molecule has 0 fully saturated rings. The van der Waals surface area contributed by atoms with E-state index in [0.29, 0.717) is 16.8 Å². The number of carbonyl (C=O) groups excluding carboxylic acids is 3. The third kappa shape index (κ3) is 6.52. The van der Waals surface area contributed by atoms with Gasteiger partial charge in [-0.3, -0.25) is 14.4 Å². The van der Waals surface area contributed by atoms with Gasteiger partial charge < -0.3 is 16.0 Å². The van der Waals surface area contributed by atoms with E-state index in [4.69, 9.17) is 0 Å². The van der Waals surface area contributed by atoms with Crippen molar-refractivity contribution in [2.24, 2.45) is 0 Å². The lowest BCUT2D eigenvalue weighted by Crippen LogP contribution is -2.29. The zero-order valence-corrected chi connectivity index (χ0v) is 19.2. The summed E-state index contributed by atoms with van der Waals surface area (Å²) >= 11 is 3.33. The Labute approximate surface area is 195 Å². The van der Waals surface area contributed by atoms with Crippen LogP contribution < -0.4 is 16.0 Å². The molecule has 0 radical (unpaired) electrons. The summed E-state index contributed by atoms with van der Waals surface area (Å²) in [5.74, 6) is -0.821. The minimum atomic E-state index is -0.294. The van der Waals surface area contributed by atoms with Gasteiger partial charge in [-0.1, -0.05) is 58.4 Å². The molecule has 3 N–H and O–H groups in total. The van der Waals surface area contributed by atoms with E-state index in [0.717, 1.165) is 10.0 Å². The molecule has 3 aromatic rings.